The molecule has 0 amide bonds. The molecule has 2 heterocycles. The van der Waals surface area contributed by atoms with E-state index < -0.39 is 5.60 Å². The molecule has 0 saturated heterocycles. The topological polar surface area (TPSA) is 45.2 Å². The number of hydrogen-bond acceptors (Lipinski definition) is 5. The molecule has 19 heavy (non-hydrogen) atoms. The fourth-order valence-corrected chi connectivity index (χ4v) is 3.45. The molecule has 0 radical (unpaired) electrons. The first-order chi connectivity index (χ1) is 8.99. The Balaban J connectivity index is 1.86. The van der Waals surface area contributed by atoms with Gasteiger partial charge in [0, 0.05) is 30.1 Å². The highest BCUT2D eigenvalue weighted by Crippen LogP contribution is 2.23. The Kier molecular flexibility index (Phi) is 4.73. The summed E-state index contributed by atoms with van der Waals surface area (Å²) in [4.78, 5) is 5.61. The van der Waals surface area contributed by atoms with Crippen molar-refractivity contribution >= 4 is 22.7 Å². The molecule has 0 saturated carbocycles. The van der Waals surface area contributed by atoms with Gasteiger partial charge in [-0.25, -0.2) is 4.98 Å². The van der Waals surface area contributed by atoms with Gasteiger partial charge in [-0.1, -0.05) is 13.8 Å². The summed E-state index contributed by atoms with van der Waals surface area (Å²) in [6, 6.07) is 1.97. The third kappa shape index (κ3) is 3.86. The second kappa shape index (κ2) is 6.13. The lowest BCUT2D eigenvalue weighted by Crippen LogP contribution is -2.34. The van der Waals surface area contributed by atoms with Crippen molar-refractivity contribution in [3.8, 4) is 0 Å². The average molecular weight is 296 g/mol. The molecule has 2 aromatic heterocycles. The van der Waals surface area contributed by atoms with Gasteiger partial charge in [0.15, 0.2) is 0 Å². The Morgan fingerprint density at radius 1 is 1.47 bits per heavy atom. The minimum Gasteiger partial charge on any atom is -0.384 e. The summed E-state index contributed by atoms with van der Waals surface area (Å²) in [5, 5.41) is 18.8. The van der Waals surface area contributed by atoms with Gasteiger partial charge in [-0.05, 0) is 29.3 Å². The summed E-state index contributed by atoms with van der Waals surface area (Å²) in [5.74, 6) is 0.479. The normalized spacial score (nSPS) is 14.8. The molecule has 0 bridgehead atoms. The number of aromatic nitrogens is 1. The molecular weight excluding hydrogens is 276 g/mol. The lowest BCUT2D eigenvalue weighted by atomic mass is 9.99. The van der Waals surface area contributed by atoms with Crippen LogP contribution in [0.2, 0.25) is 0 Å². The Bertz CT molecular complexity index is 503. The monoisotopic (exact) mass is 296 g/mol. The molecule has 0 aliphatic carbocycles. The number of hydrogen-bond donors (Lipinski definition) is 2. The summed E-state index contributed by atoms with van der Waals surface area (Å²) in [7, 11) is 0. The molecule has 0 spiro atoms. The van der Waals surface area contributed by atoms with Crippen molar-refractivity contribution in [1.29, 1.82) is 0 Å². The van der Waals surface area contributed by atoms with E-state index in [4.69, 9.17) is 0 Å². The fraction of sp³-hybridized carbons (Fsp3) is 0.500. The Hall–Kier alpha value is -0.750. The molecule has 0 aliphatic rings. The Morgan fingerprint density at radius 3 is 2.84 bits per heavy atom. The largest absolute Gasteiger partial charge is 0.384 e. The quantitative estimate of drug-likeness (QED) is 0.859. The van der Waals surface area contributed by atoms with Crippen LogP contribution in [-0.2, 0) is 12.1 Å². The third-order valence-electron chi connectivity index (χ3n) is 2.98. The van der Waals surface area contributed by atoms with E-state index in [1.807, 2.05) is 29.9 Å². The number of aliphatic hydroxyl groups is 1. The van der Waals surface area contributed by atoms with E-state index in [0.717, 1.165) is 12.1 Å². The molecule has 0 fully saturated rings. The summed E-state index contributed by atoms with van der Waals surface area (Å²) in [5.41, 5.74) is 0.156. The van der Waals surface area contributed by atoms with Crippen LogP contribution in [-0.4, -0.2) is 16.6 Å². The maximum Gasteiger partial charge on any atom is 0.1000 e. The van der Waals surface area contributed by atoms with Crippen molar-refractivity contribution in [2.75, 3.05) is 6.54 Å². The maximum absolute atomic E-state index is 10.4. The molecule has 0 aliphatic heterocycles. The molecule has 2 aromatic rings. The number of thiophene rings is 1. The van der Waals surface area contributed by atoms with Crippen LogP contribution in [0.5, 0.6) is 0 Å². The molecule has 5 heteroatoms. The standard InChI is InChI=1S/C14H20N2OS2/c1-10(2)13-16-7-12(19-13)6-15-9-14(3,17)11-4-5-18-8-11/h4-5,7-8,10,15,17H,6,9H2,1-3H3. The van der Waals surface area contributed by atoms with Crippen molar-refractivity contribution in [3.63, 3.8) is 0 Å². The van der Waals surface area contributed by atoms with E-state index >= 15 is 0 Å². The highest BCUT2D eigenvalue weighted by atomic mass is 32.1. The van der Waals surface area contributed by atoms with Crippen molar-refractivity contribution in [2.45, 2.75) is 38.8 Å². The van der Waals surface area contributed by atoms with Crippen LogP contribution in [0.25, 0.3) is 0 Å². The summed E-state index contributed by atoms with van der Waals surface area (Å²) < 4.78 is 0. The first-order valence-electron chi connectivity index (χ1n) is 6.39. The molecule has 0 aromatic carbocycles. The highest BCUT2D eigenvalue weighted by molar-refractivity contribution is 7.11. The van der Waals surface area contributed by atoms with Crippen LogP contribution >= 0.6 is 22.7 Å². The van der Waals surface area contributed by atoms with E-state index in [-0.39, 0.29) is 0 Å². The maximum atomic E-state index is 10.4. The minimum absolute atomic E-state index is 0.479. The number of thiazole rings is 1. The number of nitrogens with zero attached hydrogens (tertiary/aromatic N) is 1. The van der Waals surface area contributed by atoms with Gasteiger partial charge < -0.3 is 10.4 Å². The van der Waals surface area contributed by atoms with Gasteiger partial charge in [0.05, 0.1) is 10.6 Å². The second-order valence-electron chi connectivity index (χ2n) is 5.21. The van der Waals surface area contributed by atoms with Gasteiger partial charge >= 0.3 is 0 Å². The predicted molar refractivity (Wildman–Crippen MR) is 81.8 cm³/mol. The van der Waals surface area contributed by atoms with Gasteiger partial charge in [-0.2, -0.15) is 11.3 Å². The van der Waals surface area contributed by atoms with Gasteiger partial charge in [0.1, 0.15) is 0 Å². The molecule has 1 unspecified atom stereocenters. The molecular formula is C14H20N2OS2. The van der Waals surface area contributed by atoms with E-state index in [1.54, 1.807) is 22.7 Å². The van der Waals surface area contributed by atoms with Gasteiger partial charge in [-0.3, -0.25) is 0 Å². The first-order valence-corrected chi connectivity index (χ1v) is 8.15. The van der Waals surface area contributed by atoms with Crippen molar-refractivity contribution in [2.24, 2.45) is 0 Å². The summed E-state index contributed by atoms with van der Waals surface area (Å²) in [6.45, 7) is 7.44. The molecule has 2 rings (SSSR count). The zero-order valence-corrected chi connectivity index (χ0v) is 13.1. The highest BCUT2D eigenvalue weighted by Gasteiger charge is 2.22. The van der Waals surface area contributed by atoms with Crippen LogP contribution in [0.15, 0.2) is 23.0 Å². The summed E-state index contributed by atoms with van der Waals surface area (Å²) in [6.07, 6.45) is 1.92. The van der Waals surface area contributed by atoms with Crippen LogP contribution in [0, 0.1) is 0 Å². The minimum atomic E-state index is -0.814. The third-order valence-corrected chi connectivity index (χ3v) is 4.96. The van der Waals surface area contributed by atoms with Crippen LogP contribution in [0.4, 0.5) is 0 Å². The van der Waals surface area contributed by atoms with Gasteiger partial charge in [0.25, 0.3) is 0 Å². The van der Waals surface area contributed by atoms with Crippen molar-refractivity contribution in [3.05, 3.63) is 38.5 Å². The van der Waals surface area contributed by atoms with E-state index in [9.17, 15) is 5.11 Å². The second-order valence-corrected chi connectivity index (χ2v) is 7.14. The zero-order chi connectivity index (χ0) is 13.9. The number of nitrogens with one attached hydrogen (secondary N) is 1. The summed E-state index contributed by atoms with van der Waals surface area (Å²) >= 11 is 3.34. The average Bonchev–Trinajstić information content (AvgIpc) is 3.00. The number of rotatable bonds is 6. The zero-order valence-electron chi connectivity index (χ0n) is 11.5. The SMILES string of the molecule is CC(C)c1ncc(CNCC(C)(O)c2ccsc2)s1. The lowest BCUT2D eigenvalue weighted by Gasteiger charge is -2.22. The van der Waals surface area contributed by atoms with Crippen LogP contribution in [0.3, 0.4) is 0 Å². The van der Waals surface area contributed by atoms with Crippen LogP contribution < -0.4 is 5.32 Å². The van der Waals surface area contributed by atoms with E-state index in [0.29, 0.717) is 12.5 Å². The van der Waals surface area contributed by atoms with Crippen molar-refractivity contribution in [1.82, 2.24) is 10.3 Å². The molecule has 3 nitrogen and oxygen atoms in total. The first kappa shape index (κ1) is 14.7. The van der Waals surface area contributed by atoms with Crippen LogP contribution in [0.1, 0.15) is 42.1 Å². The fourth-order valence-electron chi connectivity index (χ4n) is 1.77. The molecule has 1 atom stereocenters. The lowest BCUT2D eigenvalue weighted by molar-refractivity contribution is 0.0572. The Labute approximate surface area is 122 Å². The van der Waals surface area contributed by atoms with Gasteiger partial charge in [0.2, 0.25) is 0 Å². The Morgan fingerprint density at radius 2 is 2.26 bits per heavy atom. The van der Waals surface area contributed by atoms with Gasteiger partial charge in [-0.15, -0.1) is 11.3 Å². The van der Waals surface area contributed by atoms with E-state index in [1.165, 1.54) is 9.88 Å². The smallest absolute Gasteiger partial charge is 0.1000 e. The van der Waals surface area contributed by atoms with Crippen molar-refractivity contribution < 1.29 is 5.11 Å². The van der Waals surface area contributed by atoms with E-state index in [2.05, 4.69) is 24.1 Å². The molecule has 2 N–H and O–H groups in total. The predicted octanol–water partition coefficient (Wildman–Crippen LogP) is 3.33. The molecule has 104 valence electrons.